The molecule has 0 radical (unpaired) electrons. The van der Waals surface area contributed by atoms with E-state index in [0.717, 1.165) is 24.4 Å². The third kappa shape index (κ3) is 2.84. The highest BCUT2D eigenvalue weighted by atomic mass is 15.1. The molecule has 1 aliphatic carbocycles. The van der Waals surface area contributed by atoms with Gasteiger partial charge in [-0.1, -0.05) is 32.8 Å². The van der Waals surface area contributed by atoms with Crippen LogP contribution in [0.2, 0.25) is 0 Å². The van der Waals surface area contributed by atoms with E-state index in [1.807, 2.05) is 0 Å². The zero-order chi connectivity index (χ0) is 14.8. The van der Waals surface area contributed by atoms with E-state index in [4.69, 9.17) is 10.7 Å². The quantitative estimate of drug-likeness (QED) is 0.915. The van der Waals surface area contributed by atoms with E-state index in [1.165, 1.54) is 42.6 Å². The van der Waals surface area contributed by atoms with Crippen LogP contribution in [0.4, 0.5) is 0 Å². The molecule has 114 valence electrons. The Labute approximate surface area is 127 Å². The van der Waals surface area contributed by atoms with Crippen LogP contribution in [0.5, 0.6) is 0 Å². The number of aromatic nitrogens is 2. The molecule has 0 amide bonds. The number of hydrogen-bond acceptors (Lipinski definition) is 2. The molecule has 21 heavy (non-hydrogen) atoms. The fourth-order valence-electron chi connectivity index (χ4n) is 3.61. The van der Waals surface area contributed by atoms with Gasteiger partial charge in [0.2, 0.25) is 0 Å². The largest absolute Gasteiger partial charge is 0.328 e. The number of rotatable bonds is 4. The Morgan fingerprint density at radius 1 is 1.24 bits per heavy atom. The fourth-order valence-corrected chi connectivity index (χ4v) is 3.61. The summed E-state index contributed by atoms with van der Waals surface area (Å²) in [6.45, 7) is 6.28. The van der Waals surface area contributed by atoms with Crippen molar-refractivity contribution in [3.8, 4) is 0 Å². The Balaban J connectivity index is 2.01. The number of nitrogens with zero attached hydrogens (tertiary/aromatic N) is 2. The zero-order valence-corrected chi connectivity index (χ0v) is 13.3. The van der Waals surface area contributed by atoms with Gasteiger partial charge < -0.3 is 10.3 Å². The summed E-state index contributed by atoms with van der Waals surface area (Å²) in [5, 5.41) is 0. The van der Waals surface area contributed by atoms with Crippen LogP contribution in [0.1, 0.15) is 63.3 Å². The van der Waals surface area contributed by atoms with Gasteiger partial charge in [0, 0.05) is 19.0 Å². The Morgan fingerprint density at radius 2 is 2.00 bits per heavy atom. The van der Waals surface area contributed by atoms with Gasteiger partial charge in [-0.15, -0.1) is 0 Å². The van der Waals surface area contributed by atoms with E-state index in [0.29, 0.717) is 12.5 Å². The molecule has 1 saturated carbocycles. The highest BCUT2D eigenvalue weighted by Crippen LogP contribution is 2.36. The molecule has 0 bridgehead atoms. The molecule has 2 N–H and O–H groups in total. The van der Waals surface area contributed by atoms with Crippen molar-refractivity contribution in [2.45, 2.75) is 65.0 Å². The van der Waals surface area contributed by atoms with E-state index in [-0.39, 0.29) is 0 Å². The summed E-state index contributed by atoms with van der Waals surface area (Å²) < 4.78 is 2.45. The van der Waals surface area contributed by atoms with Crippen molar-refractivity contribution in [1.82, 2.24) is 9.55 Å². The van der Waals surface area contributed by atoms with Crippen molar-refractivity contribution < 1.29 is 0 Å². The topological polar surface area (TPSA) is 43.8 Å². The maximum atomic E-state index is 5.77. The lowest BCUT2D eigenvalue weighted by Gasteiger charge is -2.26. The van der Waals surface area contributed by atoms with Gasteiger partial charge in [0.05, 0.1) is 11.0 Å². The molecule has 0 aliphatic heterocycles. The van der Waals surface area contributed by atoms with Gasteiger partial charge >= 0.3 is 0 Å². The SMILES string of the molecule is CCCn1c(C2CCC(C)CC2)nc2cc(CN)ccc21. The van der Waals surface area contributed by atoms with Crippen molar-refractivity contribution in [2.75, 3.05) is 0 Å². The molecule has 1 fully saturated rings. The van der Waals surface area contributed by atoms with E-state index >= 15 is 0 Å². The van der Waals surface area contributed by atoms with Crippen molar-refractivity contribution in [3.05, 3.63) is 29.6 Å². The molecule has 3 rings (SSSR count). The van der Waals surface area contributed by atoms with E-state index in [2.05, 4.69) is 36.6 Å². The first kappa shape index (κ1) is 14.6. The summed E-state index contributed by atoms with van der Waals surface area (Å²) in [6.07, 6.45) is 6.41. The number of aryl methyl sites for hydroxylation is 1. The standard InChI is InChI=1S/C18H27N3/c1-3-10-21-17-9-6-14(12-19)11-16(17)20-18(21)15-7-4-13(2)5-8-15/h6,9,11,13,15H,3-5,7-8,10,12,19H2,1-2H3. The number of fused-ring (bicyclic) bond motifs is 1. The Bertz CT molecular complexity index is 606. The van der Waals surface area contributed by atoms with Crippen LogP contribution < -0.4 is 5.73 Å². The van der Waals surface area contributed by atoms with Crippen LogP contribution in [0.25, 0.3) is 11.0 Å². The number of hydrogen-bond donors (Lipinski definition) is 1. The first-order valence-corrected chi connectivity index (χ1v) is 8.42. The van der Waals surface area contributed by atoms with E-state index < -0.39 is 0 Å². The van der Waals surface area contributed by atoms with Gasteiger partial charge in [-0.2, -0.15) is 0 Å². The van der Waals surface area contributed by atoms with Crippen LogP contribution in [-0.4, -0.2) is 9.55 Å². The molecule has 0 spiro atoms. The monoisotopic (exact) mass is 285 g/mol. The van der Waals surface area contributed by atoms with Crippen molar-refractivity contribution in [2.24, 2.45) is 11.7 Å². The molecule has 3 heteroatoms. The van der Waals surface area contributed by atoms with Crippen molar-refractivity contribution in [3.63, 3.8) is 0 Å². The van der Waals surface area contributed by atoms with Gasteiger partial charge in [-0.05, 0) is 42.9 Å². The summed E-state index contributed by atoms with van der Waals surface area (Å²) in [6, 6.07) is 6.51. The highest BCUT2D eigenvalue weighted by Gasteiger charge is 2.24. The molecule has 1 aliphatic rings. The molecular weight excluding hydrogens is 258 g/mol. The second kappa shape index (κ2) is 6.18. The fraction of sp³-hybridized carbons (Fsp3) is 0.611. The van der Waals surface area contributed by atoms with Gasteiger partial charge in [0.25, 0.3) is 0 Å². The molecule has 0 saturated heterocycles. The predicted molar refractivity (Wildman–Crippen MR) is 88.3 cm³/mol. The van der Waals surface area contributed by atoms with Gasteiger partial charge in [-0.3, -0.25) is 0 Å². The molecular formula is C18H27N3. The number of imidazole rings is 1. The van der Waals surface area contributed by atoms with Crippen molar-refractivity contribution >= 4 is 11.0 Å². The van der Waals surface area contributed by atoms with Crippen LogP contribution in [0.3, 0.4) is 0 Å². The maximum absolute atomic E-state index is 5.77. The zero-order valence-electron chi connectivity index (χ0n) is 13.3. The minimum absolute atomic E-state index is 0.590. The minimum Gasteiger partial charge on any atom is -0.328 e. The van der Waals surface area contributed by atoms with E-state index in [1.54, 1.807) is 0 Å². The molecule has 1 aromatic heterocycles. The van der Waals surface area contributed by atoms with Crippen LogP contribution in [-0.2, 0) is 13.1 Å². The Kier molecular flexibility index (Phi) is 4.29. The molecule has 2 aromatic rings. The van der Waals surface area contributed by atoms with Crippen LogP contribution in [0, 0.1) is 5.92 Å². The predicted octanol–water partition coefficient (Wildman–Crippen LogP) is 4.20. The Hall–Kier alpha value is -1.35. The summed E-state index contributed by atoms with van der Waals surface area (Å²) >= 11 is 0. The lowest BCUT2D eigenvalue weighted by molar-refractivity contribution is 0.334. The average Bonchev–Trinajstić information content (AvgIpc) is 2.86. The third-order valence-corrected chi connectivity index (χ3v) is 4.91. The summed E-state index contributed by atoms with van der Waals surface area (Å²) in [4.78, 5) is 5.00. The molecule has 3 nitrogen and oxygen atoms in total. The number of benzene rings is 1. The molecule has 1 heterocycles. The molecule has 0 unspecified atom stereocenters. The smallest absolute Gasteiger partial charge is 0.112 e. The van der Waals surface area contributed by atoms with Gasteiger partial charge in [0.1, 0.15) is 5.82 Å². The highest BCUT2D eigenvalue weighted by molar-refractivity contribution is 5.77. The number of nitrogens with two attached hydrogens (primary N) is 1. The molecule has 1 aromatic carbocycles. The van der Waals surface area contributed by atoms with Crippen molar-refractivity contribution in [1.29, 1.82) is 0 Å². The van der Waals surface area contributed by atoms with Gasteiger partial charge in [-0.25, -0.2) is 4.98 Å². The first-order chi connectivity index (χ1) is 10.2. The lowest BCUT2D eigenvalue weighted by atomic mass is 9.82. The third-order valence-electron chi connectivity index (χ3n) is 4.91. The second-order valence-corrected chi connectivity index (χ2v) is 6.61. The summed E-state index contributed by atoms with van der Waals surface area (Å²) in [7, 11) is 0. The normalized spacial score (nSPS) is 22.8. The van der Waals surface area contributed by atoms with E-state index in [9.17, 15) is 0 Å². The summed E-state index contributed by atoms with van der Waals surface area (Å²) in [5.74, 6) is 2.84. The maximum Gasteiger partial charge on any atom is 0.112 e. The van der Waals surface area contributed by atoms with Crippen LogP contribution >= 0.6 is 0 Å². The average molecular weight is 285 g/mol. The lowest BCUT2D eigenvalue weighted by Crippen LogP contribution is -2.15. The summed E-state index contributed by atoms with van der Waals surface area (Å²) in [5.41, 5.74) is 9.35. The van der Waals surface area contributed by atoms with Gasteiger partial charge in [0.15, 0.2) is 0 Å². The van der Waals surface area contributed by atoms with Crippen LogP contribution in [0.15, 0.2) is 18.2 Å². The second-order valence-electron chi connectivity index (χ2n) is 6.61. The Morgan fingerprint density at radius 3 is 2.67 bits per heavy atom. The first-order valence-electron chi connectivity index (χ1n) is 8.42. The minimum atomic E-state index is 0.590. The molecule has 0 atom stereocenters.